The molecule has 23 heavy (non-hydrogen) atoms. The number of carbonyl (C=O) groups is 1. The quantitative estimate of drug-likeness (QED) is 0.853. The number of carbonyl (C=O) groups excluding carboxylic acids is 1. The first kappa shape index (κ1) is 15.4. The molecule has 0 spiro atoms. The van der Waals surface area contributed by atoms with Crippen molar-refractivity contribution < 1.29 is 14.3 Å². The lowest BCUT2D eigenvalue weighted by Gasteiger charge is -2.19. The highest BCUT2D eigenvalue weighted by Crippen LogP contribution is 2.40. The van der Waals surface area contributed by atoms with Gasteiger partial charge < -0.3 is 14.8 Å². The molecule has 1 atom stereocenters. The zero-order chi connectivity index (χ0) is 16.1. The molecule has 1 amide bonds. The van der Waals surface area contributed by atoms with Crippen LogP contribution in [-0.2, 0) is 4.79 Å². The van der Waals surface area contributed by atoms with Crippen LogP contribution in [0.3, 0.4) is 0 Å². The van der Waals surface area contributed by atoms with E-state index in [0.29, 0.717) is 17.4 Å². The summed E-state index contributed by atoms with van der Waals surface area (Å²) in [5, 5.41) is 3.10. The van der Waals surface area contributed by atoms with Gasteiger partial charge in [-0.25, -0.2) is 0 Å². The summed E-state index contributed by atoms with van der Waals surface area (Å²) in [6.45, 7) is -0.0174. The van der Waals surface area contributed by atoms with Crippen LogP contribution in [0.4, 0.5) is 0 Å². The molecule has 4 heteroatoms. The number of hydrogen-bond donors (Lipinski definition) is 1. The number of hydrogen-bond acceptors (Lipinski definition) is 3. The predicted octanol–water partition coefficient (Wildman–Crippen LogP) is 3.34. The average molecular weight is 311 g/mol. The third-order valence-corrected chi connectivity index (χ3v) is 4.00. The number of rotatable bonds is 7. The molecule has 2 aromatic carbocycles. The first-order chi connectivity index (χ1) is 11.3. The molecular formula is C19H21NO3. The Hall–Kier alpha value is -2.49. The van der Waals surface area contributed by atoms with Gasteiger partial charge in [0.1, 0.15) is 0 Å². The van der Waals surface area contributed by atoms with Gasteiger partial charge in [-0.3, -0.25) is 4.79 Å². The first-order valence-electron chi connectivity index (χ1n) is 7.88. The molecule has 3 rings (SSSR count). The van der Waals surface area contributed by atoms with Crippen LogP contribution in [0.15, 0.2) is 54.6 Å². The normalized spacial score (nSPS) is 14.8. The Morgan fingerprint density at radius 2 is 1.74 bits per heavy atom. The molecule has 120 valence electrons. The fourth-order valence-corrected chi connectivity index (χ4v) is 2.66. The van der Waals surface area contributed by atoms with Crippen molar-refractivity contribution in [2.45, 2.75) is 18.9 Å². The summed E-state index contributed by atoms with van der Waals surface area (Å²) in [5.74, 6) is 1.62. The molecule has 0 heterocycles. The smallest absolute Gasteiger partial charge is 0.258 e. The molecule has 0 saturated heterocycles. The van der Waals surface area contributed by atoms with Gasteiger partial charge in [0.05, 0.1) is 13.2 Å². The second-order valence-electron chi connectivity index (χ2n) is 5.73. The molecule has 0 bridgehead atoms. The van der Waals surface area contributed by atoms with Crippen LogP contribution in [0.25, 0.3) is 0 Å². The summed E-state index contributed by atoms with van der Waals surface area (Å²) in [6.07, 6.45) is 2.32. The Morgan fingerprint density at radius 3 is 2.39 bits per heavy atom. The molecule has 0 unspecified atom stereocenters. The van der Waals surface area contributed by atoms with Crippen molar-refractivity contribution in [1.29, 1.82) is 0 Å². The zero-order valence-electron chi connectivity index (χ0n) is 13.2. The highest BCUT2D eigenvalue weighted by atomic mass is 16.5. The highest BCUT2D eigenvalue weighted by Gasteiger charge is 2.33. The summed E-state index contributed by atoms with van der Waals surface area (Å²) in [7, 11) is 1.58. The third-order valence-electron chi connectivity index (χ3n) is 4.00. The second-order valence-corrected chi connectivity index (χ2v) is 5.73. The van der Waals surface area contributed by atoms with Crippen LogP contribution in [0.1, 0.15) is 24.4 Å². The number of nitrogens with one attached hydrogen (secondary N) is 1. The van der Waals surface area contributed by atoms with Crippen LogP contribution in [0.5, 0.6) is 11.5 Å². The molecule has 2 aromatic rings. The van der Waals surface area contributed by atoms with Gasteiger partial charge in [0.25, 0.3) is 5.91 Å². The fourth-order valence-electron chi connectivity index (χ4n) is 2.66. The van der Waals surface area contributed by atoms with Gasteiger partial charge in [0.15, 0.2) is 18.1 Å². The Labute approximate surface area is 136 Å². The van der Waals surface area contributed by atoms with E-state index in [2.05, 4.69) is 17.4 Å². The Bertz CT molecular complexity index is 653. The van der Waals surface area contributed by atoms with Crippen molar-refractivity contribution >= 4 is 5.91 Å². The van der Waals surface area contributed by atoms with E-state index in [1.54, 1.807) is 13.2 Å². The number of benzene rings is 2. The van der Waals surface area contributed by atoms with Crippen LogP contribution in [-0.4, -0.2) is 19.6 Å². The van der Waals surface area contributed by atoms with Gasteiger partial charge in [-0.2, -0.15) is 0 Å². The van der Waals surface area contributed by atoms with E-state index in [9.17, 15) is 4.79 Å². The monoisotopic (exact) mass is 311 g/mol. The van der Waals surface area contributed by atoms with Crippen LogP contribution < -0.4 is 14.8 Å². The highest BCUT2D eigenvalue weighted by molar-refractivity contribution is 5.78. The van der Waals surface area contributed by atoms with Crippen molar-refractivity contribution in [2.75, 3.05) is 13.7 Å². The Morgan fingerprint density at radius 1 is 1.09 bits per heavy atom. The van der Waals surface area contributed by atoms with E-state index in [0.717, 1.165) is 18.4 Å². The third kappa shape index (κ3) is 4.03. The van der Waals surface area contributed by atoms with E-state index in [-0.39, 0.29) is 18.6 Å². The summed E-state index contributed by atoms with van der Waals surface area (Å²) >= 11 is 0. The fraction of sp³-hybridized carbons (Fsp3) is 0.316. The first-order valence-corrected chi connectivity index (χ1v) is 7.88. The van der Waals surface area contributed by atoms with Crippen molar-refractivity contribution in [1.82, 2.24) is 5.32 Å². The molecule has 0 radical (unpaired) electrons. The van der Waals surface area contributed by atoms with Gasteiger partial charge in [-0.1, -0.05) is 42.5 Å². The topological polar surface area (TPSA) is 47.6 Å². The molecule has 4 nitrogen and oxygen atoms in total. The van der Waals surface area contributed by atoms with Gasteiger partial charge in [0.2, 0.25) is 0 Å². The van der Waals surface area contributed by atoms with Crippen molar-refractivity contribution in [3.8, 4) is 11.5 Å². The standard InChI is InChI=1S/C19H21NO3/c1-22-16-9-5-6-10-17(16)23-13-18(21)20-19(15-11-12-15)14-7-3-2-4-8-14/h2-10,15,19H,11-13H2,1H3,(H,20,21)/t19-/m0/s1. The molecule has 1 saturated carbocycles. The molecule has 1 aliphatic rings. The minimum atomic E-state index is -0.114. The second kappa shape index (κ2) is 7.18. The van der Waals surface area contributed by atoms with Crippen LogP contribution in [0.2, 0.25) is 0 Å². The SMILES string of the molecule is COc1ccccc1OCC(=O)N[C@@H](c1ccccc1)C1CC1. The number of ether oxygens (including phenoxy) is 2. The summed E-state index contributed by atoms with van der Waals surface area (Å²) in [6, 6.07) is 17.5. The molecular weight excluding hydrogens is 290 g/mol. The summed E-state index contributed by atoms with van der Waals surface area (Å²) in [4.78, 5) is 12.3. The molecule has 0 aliphatic heterocycles. The molecule has 1 fully saturated rings. The molecule has 0 aromatic heterocycles. The lowest BCUT2D eigenvalue weighted by atomic mass is 10.0. The Balaban J connectivity index is 1.60. The van der Waals surface area contributed by atoms with Crippen LogP contribution in [0, 0.1) is 5.92 Å². The van der Waals surface area contributed by atoms with Gasteiger partial charge in [-0.15, -0.1) is 0 Å². The van der Waals surface area contributed by atoms with E-state index < -0.39 is 0 Å². The van der Waals surface area contributed by atoms with E-state index in [1.165, 1.54) is 0 Å². The average Bonchev–Trinajstić information content (AvgIpc) is 3.44. The molecule has 1 aliphatic carbocycles. The van der Waals surface area contributed by atoms with E-state index in [1.807, 2.05) is 36.4 Å². The minimum Gasteiger partial charge on any atom is -0.493 e. The van der Waals surface area contributed by atoms with Crippen molar-refractivity contribution in [3.05, 3.63) is 60.2 Å². The van der Waals surface area contributed by atoms with Crippen LogP contribution >= 0.6 is 0 Å². The van der Waals surface area contributed by atoms with E-state index in [4.69, 9.17) is 9.47 Å². The lowest BCUT2D eigenvalue weighted by Crippen LogP contribution is -2.33. The van der Waals surface area contributed by atoms with Crippen molar-refractivity contribution in [3.63, 3.8) is 0 Å². The summed E-state index contributed by atoms with van der Waals surface area (Å²) in [5.41, 5.74) is 1.15. The zero-order valence-corrected chi connectivity index (χ0v) is 13.2. The number of methoxy groups -OCH3 is 1. The minimum absolute atomic E-state index is 0.0174. The van der Waals surface area contributed by atoms with Gasteiger partial charge >= 0.3 is 0 Å². The van der Waals surface area contributed by atoms with Gasteiger partial charge in [-0.05, 0) is 36.5 Å². The maximum absolute atomic E-state index is 12.3. The number of para-hydroxylation sites is 2. The largest absolute Gasteiger partial charge is 0.493 e. The predicted molar refractivity (Wildman–Crippen MR) is 88.5 cm³/mol. The summed E-state index contributed by atoms with van der Waals surface area (Å²) < 4.78 is 10.8. The Kier molecular flexibility index (Phi) is 4.81. The van der Waals surface area contributed by atoms with E-state index >= 15 is 0 Å². The van der Waals surface area contributed by atoms with Gasteiger partial charge in [0, 0.05) is 0 Å². The number of amides is 1. The molecule has 1 N–H and O–H groups in total. The maximum atomic E-state index is 12.3. The lowest BCUT2D eigenvalue weighted by molar-refractivity contribution is -0.124. The maximum Gasteiger partial charge on any atom is 0.258 e. The van der Waals surface area contributed by atoms with Crippen molar-refractivity contribution in [2.24, 2.45) is 5.92 Å².